The lowest BCUT2D eigenvalue weighted by Crippen LogP contribution is -1.82. The van der Waals surface area contributed by atoms with Crippen molar-refractivity contribution < 1.29 is 9.84 Å². The zero-order valence-electron chi connectivity index (χ0n) is 7.60. The van der Waals surface area contributed by atoms with Gasteiger partial charge in [-0.3, -0.25) is 0 Å². The zero-order chi connectivity index (χ0) is 9.97. The first-order valence-electron chi connectivity index (χ1n) is 4.30. The molecular formula is C12H10O2. The molecule has 0 saturated carbocycles. The number of phenolic OH excluding ortho intramolecular Hbond substituents is 1. The molecule has 1 N–H and O–H groups in total. The fourth-order valence-corrected chi connectivity index (χ4v) is 1.43. The van der Waals surface area contributed by atoms with Crippen LogP contribution in [0.1, 0.15) is 0 Å². The third-order valence-corrected chi connectivity index (χ3v) is 2.03. The van der Waals surface area contributed by atoms with Gasteiger partial charge in [-0.1, -0.05) is 18.7 Å². The number of ether oxygens (including phenoxy) is 1. The number of aromatic hydroxyl groups is 1. The predicted molar refractivity (Wildman–Crippen MR) is 56.4 cm³/mol. The molecule has 0 aromatic heterocycles. The first-order chi connectivity index (χ1) is 6.81. The van der Waals surface area contributed by atoms with Gasteiger partial charge in [0.15, 0.2) is 0 Å². The van der Waals surface area contributed by atoms with Crippen molar-refractivity contribution in [2.45, 2.75) is 0 Å². The molecule has 2 heteroatoms. The molecule has 0 bridgehead atoms. The summed E-state index contributed by atoms with van der Waals surface area (Å²) in [6.45, 7) is 3.51. The van der Waals surface area contributed by atoms with Crippen LogP contribution >= 0.6 is 0 Å². The number of rotatable bonds is 2. The van der Waals surface area contributed by atoms with E-state index in [1.807, 2.05) is 24.3 Å². The van der Waals surface area contributed by atoms with E-state index in [9.17, 15) is 5.11 Å². The molecule has 2 rings (SSSR count). The predicted octanol–water partition coefficient (Wildman–Crippen LogP) is 3.07. The van der Waals surface area contributed by atoms with Crippen LogP contribution in [0.25, 0.3) is 10.8 Å². The van der Waals surface area contributed by atoms with Gasteiger partial charge in [0, 0.05) is 5.39 Å². The van der Waals surface area contributed by atoms with Gasteiger partial charge in [0.05, 0.1) is 6.26 Å². The minimum Gasteiger partial charge on any atom is -0.508 e. The van der Waals surface area contributed by atoms with E-state index >= 15 is 0 Å². The molecule has 2 aromatic rings. The fourth-order valence-electron chi connectivity index (χ4n) is 1.43. The van der Waals surface area contributed by atoms with E-state index < -0.39 is 0 Å². The Bertz CT molecular complexity index is 475. The highest BCUT2D eigenvalue weighted by Gasteiger charge is 2.00. The molecule has 14 heavy (non-hydrogen) atoms. The molecular weight excluding hydrogens is 176 g/mol. The molecule has 0 atom stereocenters. The van der Waals surface area contributed by atoms with Crippen LogP contribution in [-0.2, 0) is 0 Å². The van der Waals surface area contributed by atoms with Gasteiger partial charge in [-0.2, -0.15) is 0 Å². The Morgan fingerprint density at radius 2 is 2.07 bits per heavy atom. The molecule has 70 valence electrons. The van der Waals surface area contributed by atoms with E-state index in [1.165, 1.54) is 6.26 Å². The maximum Gasteiger partial charge on any atom is 0.134 e. The first kappa shape index (κ1) is 8.63. The van der Waals surface area contributed by atoms with Gasteiger partial charge in [0.1, 0.15) is 11.5 Å². The van der Waals surface area contributed by atoms with Crippen molar-refractivity contribution in [2.24, 2.45) is 0 Å². The minimum atomic E-state index is 0.258. The molecule has 0 radical (unpaired) electrons. The molecule has 2 nitrogen and oxygen atoms in total. The van der Waals surface area contributed by atoms with Crippen molar-refractivity contribution in [3.05, 3.63) is 49.2 Å². The second-order valence-corrected chi connectivity index (χ2v) is 2.95. The van der Waals surface area contributed by atoms with Gasteiger partial charge >= 0.3 is 0 Å². The van der Waals surface area contributed by atoms with Crippen LogP contribution in [0.15, 0.2) is 49.2 Å². The van der Waals surface area contributed by atoms with Crippen LogP contribution in [0.2, 0.25) is 0 Å². The second kappa shape index (κ2) is 3.42. The first-order valence-corrected chi connectivity index (χ1v) is 4.30. The van der Waals surface area contributed by atoms with Crippen molar-refractivity contribution in [1.82, 2.24) is 0 Å². The number of benzene rings is 2. The average Bonchev–Trinajstić information content (AvgIpc) is 2.18. The normalized spacial score (nSPS) is 10.0. The Hall–Kier alpha value is -1.96. The summed E-state index contributed by atoms with van der Waals surface area (Å²) in [5.74, 6) is 1.01. The van der Waals surface area contributed by atoms with E-state index in [-0.39, 0.29) is 5.75 Å². The quantitative estimate of drug-likeness (QED) is 0.730. The van der Waals surface area contributed by atoms with Crippen LogP contribution in [0.4, 0.5) is 0 Å². The molecule has 0 heterocycles. The van der Waals surface area contributed by atoms with Crippen molar-refractivity contribution in [3.63, 3.8) is 0 Å². The van der Waals surface area contributed by atoms with Crippen LogP contribution in [0.3, 0.4) is 0 Å². The van der Waals surface area contributed by atoms with Gasteiger partial charge in [-0.05, 0) is 29.7 Å². The van der Waals surface area contributed by atoms with Gasteiger partial charge in [0.25, 0.3) is 0 Å². The largest absolute Gasteiger partial charge is 0.508 e. The summed E-state index contributed by atoms with van der Waals surface area (Å²) >= 11 is 0. The standard InChI is InChI=1S/C12H10O2/c1-2-14-12-5-3-4-9-8-10(13)6-7-11(9)12/h2-8,13H,1H2. The van der Waals surface area contributed by atoms with Gasteiger partial charge in [0.2, 0.25) is 0 Å². The molecule has 0 spiro atoms. The summed E-state index contributed by atoms with van der Waals surface area (Å²) in [5, 5.41) is 11.2. The van der Waals surface area contributed by atoms with Crippen LogP contribution in [-0.4, -0.2) is 5.11 Å². The van der Waals surface area contributed by atoms with Gasteiger partial charge in [-0.15, -0.1) is 0 Å². The highest BCUT2D eigenvalue weighted by molar-refractivity contribution is 5.89. The number of hydrogen-bond acceptors (Lipinski definition) is 2. The van der Waals surface area contributed by atoms with E-state index in [4.69, 9.17) is 4.74 Å². The SMILES string of the molecule is C=COc1cccc2cc(O)ccc12. The van der Waals surface area contributed by atoms with E-state index in [1.54, 1.807) is 12.1 Å². The molecule has 0 aliphatic heterocycles. The van der Waals surface area contributed by atoms with E-state index in [0.717, 1.165) is 16.5 Å². The summed E-state index contributed by atoms with van der Waals surface area (Å²) in [6, 6.07) is 10.8. The smallest absolute Gasteiger partial charge is 0.134 e. The van der Waals surface area contributed by atoms with Gasteiger partial charge < -0.3 is 9.84 Å². The molecule has 0 amide bonds. The monoisotopic (exact) mass is 186 g/mol. The minimum absolute atomic E-state index is 0.258. The average molecular weight is 186 g/mol. The fraction of sp³-hybridized carbons (Fsp3) is 0. The summed E-state index contributed by atoms with van der Waals surface area (Å²) in [4.78, 5) is 0. The van der Waals surface area contributed by atoms with Crippen molar-refractivity contribution in [1.29, 1.82) is 0 Å². The number of phenols is 1. The Morgan fingerprint density at radius 3 is 2.86 bits per heavy atom. The summed E-state index contributed by atoms with van der Waals surface area (Å²) in [5.41, 5.74) is 0. The van der Waals surface area contributed by atoms with Crippen LogP contribution < -0.4 is 4.74 Å². The van der Waals surface area contributed by atoms with Crippen molar-refractivity contribution in [2.75, 3.05) is 0 Å². The summed E-state index contributed by atoms with van der Waals surface area (Å²) in [7, 11) is 0. The van der Waals surface area contributed by atoms with Crippen LogP contribution in [0.5, 0.6) is 11.5 Å². The molecule has 0 saturated heterocycles. The van der Waals surface area contributed by atoms with Crippen molar-refractivity contribution >= 4 is 10.8 Å². The van der Waals surface area contributed by atoms with Crippen molar-refractivity contribution in [3.8, 4) is 11.5 Å². The molecule has 0 aliphatic carbocycles. The second-order valence-electron chi connectivity index (χ2n) is 2.95. The lowest BCUT2D eigenvalue weighted by molar-refractivity contribution is 0.475. The van der Waals surface area contributed by atoms with Crippen LogP contribution in [0, 0.1) is 0 Å². The summed E-state index contributed by atoms with van der Waals surface area (Å²) < 4.78 is 5.24. The Morgan fingerprint density at radius 1 is 1.21 bits per heavy atom. The zero-order valence-corrected chi connectivity index (χ0v) is 7.60. The highest BCUT2D eigenvalue weighted by Crippen LogP contribution is 2.28. The number of hydrogen-bond donors (Lipinski definition) is 1. The van der Waals surface area contributed by atoms with E-state index in [2.05, 4.69) is 6.58 Å². The Labute approximate surface area is 82.1 Å². The highest BCUT2D eigenvalue weighted by atomic mass is 16.5. The third-order valence-electron chi connectivity index (χ3n) is 2.03. The lowest BCUT2D eigenvalue weighted by atomic mass is 10.1. The third kappa shape index (κ3) is 1.42. The Balaban J connectivity index is 2.68. The molecule has 0 fully saturated rings. The number of fused-ring (bicyclic) bond motifs is 1. The molecule has 0 unspecified atom stereocenters. The molecule has 0 aliphatic rings. The maximum absolute atomic E-state index is 9.29. The lowest BCUT2D eigenvalue weighted by Gasteiger charge is -2.04. The topological polar surface area (TPSA) is 29.5 Å². The summed E-state index contributed by atoms with van der Waals surface area (Å²) in [6.07, 6.45) is 1.39. The van der Waals surface area contributed by atoms with E-state index in [0.29, 0.717) is 0 Å². The molecule has 2 aromatic carbocycles. The Kier molecular flexibility index (Phi) is 2.11. The maximum atomic E-state index is 9.29. The van der Waals surface area contributed by atoms with Gasteiger partial charge in [-0.25, -0.2) is 0 Å².